The fraction of sp³-hybridized carbons (Fsp3) is 0.222. The number of amides is 1. The van der Waals surface area contributed by atoms with Gasteiger partial charge in [0.05, 0.1) is 12.0 Å². The molecule has 0 radical (unpaired) electrons. The first-order chi connectivity index (χ1) is 11.7. The van der Waals surface area contributed by atoms with E-state index in [1.807, 2.05) is 41.3 Å². The quantitative estimate of drug-likeness (QED) is 0.770. The monoisotopic (exact) mass is 341 g/mol. The maximum atomic E-state index is 12.8. The van der Waals surface area contributed by atoms with Gasteiger partial charge >= 0.3 is 0 Å². The number of furan rings is 1. The number of hydrogen-bond donors (Lipinski definition) is 1. The third-order valence-electron chi connectivity index (χ3n) is 4.26. The Labute approximate surface area is 144 Å². The third-order valence-corrected chi connectivity index (χ3v) is 4.51. The van der Waals surface area contributed by atoms with Crippen LogP contribution in [0.3, 0.4) is 0 Å². The second-order valence-corrected chi connectivity index (χ2v) is 6.22. The molecule has 0 fully saturated rings. The van der Waals surface area contributed by atoms with Crippen molar-refractivity contribution in [3.05, 3.63) is 64.7 Å². The van der Waals surface area contributed by atoms with Gasteiger partial charge in [0.1, 0.15) is 17.5 Å². The maximum Gasteiger partial charge on any atom is 0.273 e. The third kappa shape index (κ3) is 2.24. The highest BCUT2D eigenvalue weighted by Crippen LogP contribution is 2.42. The van der Waals surface area contributed by atoms with Gasteiger partial charge in [0.15, 0.2) is 0 Å². The first-order valence-electron chi connectivity index (χ1n) is 7.89. The van der Waals surface area contributed by atoms with Crippen molar-refractivity contribution in [1.82, 2.24) is 15.1 Å². The zero-order valence-electron chi connectivity index (χ0n) is 13.1. The minimum absolute atomic E-state index is 0.0408. The van der Waals surface area contributed by atoms with E-state index in [1.165, 1.54) is 0 Å². The van der Waals surface area contributed by atoms with E-state index in [2.05, 4.69) is 17.1 Å². The van der Waals surface area contributed by atoms with Crippen LogP contribution in [0.2, 0.25) is 5.02 Å². The summed E-state index contributed by atoms with van der Waals surface area (Å²) in [6.07, 6.45) is 2.50. The Morgan fingerprint density at radius 2 is 2.08 bits per heavy atom. The summed E-state index contributed by atoms with van der Waals surface area (Å²) in [5.41, 5.74) is 3.08. The fourth-order valence-corrected chi connectivity index (χ4v) is 3.36. The predicted octanol–water partition coefficient (Wildman–Crippen LogP) is 4.28. The predicted molar refractivity (Wildman–Crippen MR) is 90.9 cm³/mol. The molecule has 0 spiro atoms. The first-order valence-corrected chi connectivity index (χ1v) is 8.27. The second kappa shape index (κ2) is 5.83. The van der Waals surface area contributed by atoms with E-state index in [9.17, 15) is 4.79 Å². The zero-order valence-corrected chi connectivity index (χ0v) is 13.9. The molecular weight excluding hydrogens is 326 g/mol. The topological polar surface area (TPSA) is 62.1 Å². The molecule has 1 aliphatic heterocycles. The van der Waals surface area contributed by atoms with Crippen LogP contribution in [0.1, 0.15) is 41.2 Å². The summed E-state index contributed by atoms with van der Waals surface area (Å²) in [5, 5.41) is 7.96. The number of aromatic nitrogens is 2. The van der Waals surface area contributed by atoms with Gasteiger partial charge in [-0.05, 0) is 30.7 Å². The summed E-state index contributed by atoms with van der Waals surface area (Å²) in [5.74, 6) is 0.702. The molecule has 3 aromatic rings. The van der Waals surface area contributed by atoms with Gasteiger partial charge in [-0.3, -0.25) is 9.89 Å². The molecule has 6 heteroatoms. The van der Waals surface area contributed by atoms with Crippen LogP contribution in [0, 0.1) is 0 Å². The number of nitrogens with zero attached hydrogens (tertiary/aromatic N) is 2. The van der Waals surface area contributed by atoms with Gasteiger partial charge in [0, 0.05) is 22.7 Å². The Morgan fingerprint density at radius 1 is 1.29 bits per heavy atom. The normalized spacial score (nSPS) is 16.7. The molecule has 5 nitrogen and oxygen atoms in total. The number of benzene rings is 1. The molecular formula is C18H16ClN3O2. The number of halogens is 1. The lowest BCUT2D eigenvalue weighted by atomic mass is 10.00. The summed E-state index contributed by atoms with van der Waals surface area (Å²) in [4.78, 5) is 14.6. The number of carbonyl (C=O) groups excluding carboxylic acids is 1. The van der Waals surface area contributed by atoms with E-state index in [1.54, 1.807) is 6.26 Å². The van der Waals surface area contributed by atoms with Crippen molar-refractivity contribution in [2.24, 2.45) is 0 Å². The van der Waals surface area contributed by atoms with Gasteiger partial charge < -0.3 is 9.32 Å². The van der Waals surface area contributed by atoms with Crippen molar-refractivity contribution < 1.29 is 9.21 Å². The molecule has 1 aliphatic rings. The molecule has 4 rings (SSSR count). The van der Waals surface area contributed by atoms with E-state index < -0.39 is 0 Å². The van der Waals surface area contributed by atoms with E-state index in [0.29, 0.717) is 17.3 Å². The standard InChI is InChI=1S/C18H16ClN3O2/c1-2-9-22-17(13-4-3-10-24-13)14-15(20-21-16(14)18(22)23)11-5-7-12(19)8-6-11/h3-8,10,17H,2,9H2,1H3,(H,20,21)/t17-/m1/s1. The number of nitrogens with one attached hydrogen (secondary N) is 1. The van der Waals surface area contributed by atoms with Gasteiger partial charge in [-0.15, -0.1) is 0 Å². The highest BCUT2D eigenvalue weighted by atomic mass is 35.5. The second-order valence-electron chi connectivity index (χ2n) is 5.78. The Morgan fingerprint density at radius 3 is 2.75 bits per heavy atom. The first kappa shape index (κ1) is 15.0. The van der Waals surface area contributed by atoms with E-state index >= 15 is 0 Å². The van der Waals surface area contributed by atoms with Crippen molar-refractivity contribution in [3.8, 4) is 11.3 Å². The summed E-state index contributed by atoms with van der Waals surface area (Å²) >= 11 is 5.98. The van der Waals surface area contributed by atoms with Crippen molar-refractivity contribution in [2.45, 2.75) is 19.4 Å². The van der Waals surface area contributed by atoms with E-state index in [0.717, 1.165) is 29.0 Å². The van der Waals surface area contributed by atoms with Crippen molar-refractivity contribution in [3.63, 3.8) is 0 Å². The summed E-state index contributed by atoms with van der Waals surface area (Å²) < 4.78 is 5.62. The van der Waals surface area contributed by atoms with Gasteiger partial charge in [-0.1, -0.05) is 30.7 Å². The lowest BCUT2D eigenvalue weighted by Gasteiger charge is -2.23. The Bertz CT molecular complexity index is 868. The summed E-state index contributed by atoms with van der Waals surface area (Å²) in [6, 6.07) is 10.9. The highest BCUT2D eigenvalue weighted by Gasteiger charge is 2.43. The van der Waals surface area contributed by atoms with Crippen LogP contribution < -0.4 is 0 Å². The van der Waals surface area contributed by atoms with Crippen molar-refractivity contribution in [1.29, 1.82) is 0 Å². The Balaban J connectivity index is 1.87. The smallest absolute Gasteiger partial charge is 0.273 e. The van der Waals surface area contributed by atoms with Crippen LogP contribution in [-0.4, -0.2) is 27.5 Å². The van der Waals surface area contributed by atoms with Crippen molar-refractivity contribution in [2.75, 3.05) is 6.54 Å². The average Bonchev–Trinajstić information content (AvgIpc) is 3.29. The number of H-pyrrole nitrogens is 1. The molecule has 0 unspecified atom stereocenters. The lowest BCUT2D eigenvalue weighted by molar-refractivity contribution is 0.0730. The summed E-state index contributed by atoms with van der Waals surface area (Å²) in [6.45, 7) is 2.71. The van der Waals surface area contributed by atoms with Crippen LogP contribution in [0.4, 0.5) is 0 Å². The minimum Gasteiger partial charge on any atom is -0.467 e. The zero-order chi connectivity index (χ0) is 16.7. The minimum atomic E-state index is -0.258. The molecule has 24 heavy (non-hydrogen) atoms. The highest BCUT2D eigenvalue weighted by molar-refractivity contribution is 6.30. The van der Waals surface area contributed by atoms with Crippen molar-refractivity contribution >= 4 is 17.5 Å². The molecule has 0 bridgehead atoms. The number of fused-ring (bicyclic) bond motifs is 1. The molecule has 0 saturated heterocycles. The largest absolute Gasteiger partial charge is 0.467 e. The van der Waals surface area contributed by atoms with Crippen LogP contribution in [0.5, 0.6) is 0 Å². The number of rotatable bonds is 4. The molecule has 3 heterocycles. The Kier molecular flexibility index (Phi) is 3.65. The van der Waals surface area contributed by atoms with Crippen LogP contribution >= 0.6 is 11.6 Å². The van der Waals surface area contributed by atoms with Gasteiger partial charge in [0.2, 0.25) is 0 Å². The van der Waals surface area contributed by atoms with Crippen LogP contribution in [-0.2, 0) is 0 Å². The van der Waals surface area contributed by atoms with Gasteiger partial charge in [-0.2, -0.15) is 5.10 Å². The van der Waals surface area contributed by atoms with Gasteiger partial charge in [-0.25, -0.2) is 0 Å². The number of hydrogen-bond acceptors (Lipinski definition) is 3. The van der Waals surface area contributed by atoms with Crippen LogP contribution in [0.25, 0.3) is 11.3 Å². The lowest BCUT2D eigenvalue weighted by Crippen LogP contribution is -2.30. The SMILES string of the molecule is CCCN1C(=O)c2[nH]nc(-c3ccc(Cl)cc3)c2[C@H]1c1ccco1. The maximum absolute atomic E-state index is 12.8. The molecule has 1 amide bonds. The Hall–Kier alpha value is -2.53. The molecule has 1 aromatic carbocycles. The molecule has 1 N–H and O–H groups in total. The summed E-state index contributed by atoms with van der Waals surface area (Å²) in [7, 11) is 0. The molecule has 0 aliphatic carbocycles. The fourth-order valence-electron chi connectivity index (χ4n) is 3.24. The van der Waals surface area contributed by atoms with Gasteiger partial charge in [0.25, 0.3) is 5.91 Å². The molecule has 122 valence electrons. The molecule has 2 aromatic heterocycles. The molecule has 0 saturated carbocycles. The van der Waals surface area contributed by atoms with E-state index in [4.69, 9.17) is 16.0 Å². The van der Waals surface area contributed by atoms with Crippen LogP contribution in [0.15, 0.2) is 47.1 Å². The number of carbonyl (C=O) groups is 1. The number of aromatic amines is 1. The van der Waals surface area contributed by atoms with E-state index in [-0.39, 0.29) is 11.9 Å². The average molecular weight is 342 g/mol. The molecule has 1 atom stereocenters.